The molecule has 25 heavy (non-hydrogen) atoms. The Hall–Kier alpha value is -2.89. The maximum absolute atomic E-state index is 12.4. The highest BCUT2D eigenvalue weighted by Crippen LogP contribution is 2.27. The normalized spacial score (nSPS) is 11.9. The Balaban J connectivity index is 2.14. The minimum Gasteiger partial charge on any atom is -0.481 e. The Labute approximate surface area is 147 Å². The fraction of sp³-hybridized carbons (Fsp3) is 0.316. The third kappa shape index (κ3) is 4.56. The van der Waals surface area contributed by atoms with Gasteiger partial charge in [-0.3, -0.25) is 14.9 Å². The molecule has 1 atom stereocenters. The first-order chi connectivity index (χ1) is 11.8. The van der Waals surface area contributed by atoms with Crippen LogP contribution >= 0.6 is 0 Å². The largest absolute Gasteiger partial charge is 0.481 e. The number of ether oxygens (including phenoxy) is 1. The molecule has 0 bridgehead atoms. The summed E-state index contributed by atoms with van der Waals surface area (Å²) in [6.07, 6.45) is -0.737. The molecule has 0 aliphatic heterocycles. The second kappa shape index (κ2) is 7.79. The molecule has 0 fully saturated rings. The lowest BCUT2D eigenvalue weighted by molar-refractivity contribution is -0.384. The number of aryl methyl sites for hydroxylation is 1. The molecule has 0 unspecified atom stereocenters. The number of nitro benzene ring substituents is 1. The third-order valence-electron chi connectivity index (χ3n) is 3.90. The summed E-state index contributed by atoms with van der Waals surface area (Å²) in [6.45, 7) is 7.54. The van der Waals surface area contributed by atoms with E-state index in [-0.39, 0.29) is 17.5 Å². The van der Waals surface area contributed by atoms with Crippen LogP contribution in [0.15, 0.2) is 42.5 Å². The Morgan fingerprint density at radius 1 is 1.16 bits per heavy atom. The molecule has 6 nitrogen and oxygen atoms in total. The molecule has 2 aromatic carbocycles. The van der Waals surface area contributed by atoms with Gasteiger partial charge in [0, 0.05) is 12.1 Å². The maximum Gasteiger partial charge on any atom is 0.271 e. The Morgan fingerprint density at radius 2 is 1.84 bits per heavy atom. The summed E-state index contributed by atoms with van der Waals surface area (Å²) in [5.41, 5.74) is 2.11. The number of amides is 1. The van der Waals surface area contributed by atoms with E-state index in [1.165, 1.54) is 12.1 Å². The van der Waals surface area contributed by atoms with E-state index in [4.69, 9.17) is 4.74 Å². The van der Waals surface area contributed by atoms with Crippen molar-refractivity contribution in [3.05, 3.63) is 63.7 Å². The maximum atomic E-state index is 12.4. The van der Waals surface area contributed by atoms with E-state index < -0.39 is 11.0 Å². The van der Waals surface area contributed by atoms with Crippen LogP contribution < -0.4 is 10.1 Å². The molecule has 0 spiro atoms. The number of non-ortho nitro benzene ring substituents is 1. The number of para-hydroxylation sites is 1. The zero-order chi connectivity index (χ0) is 18.6. The third-order valence-corrected chi connectivity index (χ3v) is 3.90. The van der Waals surface area contributed by atoms with Gasteiger partial charge in [0.25, 0.3) is 11.6 Å². The van der Waals surface area contributed by atoms with Gasteiger partial charge in [-0.25, -0.2) is 0 Å². The van der Waals surface area contributed by atoms with Crippen LogP contribution in [0.4, 0.5) is 11.4 Å². The molecular formula is C19H22N2O4. The second-order valence-electron chi connectivity index (χ2n) is 6.20. The first kappa shape index (κ1) is 18.4. The van der Waals surface area contributed by atoms with Crippen molar-refractivity contribution < 1.29 is 14.5 Å². The molecule has 1 N–H and O–H groups in total. The first-order valence-electron chi connectivity index (χ1n) is 8.11. The lowest BCUT2D eigenvalue weighted by atomic mass is 10.0. The van der Waals surface area contributed by atoms with E-state index >= 15 is 0 Å². The van der Waals surface area contributed by atoms with Crippen LogP contribution in [0.3, 0.4) is 0 Å². The van der Waals surface area contributed by atoms with Gasteiger partial charge < -0.3 is 10.1 Å². The van der Waals surface area contributed by atoms with E-state index in [1.807, 2.05) is 24.3 Å². The van der Waals surface area contributed by atoms with Crippen molar-refractivity contribution in [2.75, 3.05) is 5.32 Å². The number of rotatable bonds is 6. The molecule has 0 heterocycles. The van der Waals surface area contributed by atoms with Crippen molar-refractivity contribution in [2.45, 2.75) is 39.7 Å². The highest BCUT2D eigenvalue weighted by atomic mass is 16.6. The highest BCUT2D eigenvalue weighted by molar-refractivity contribution is 5.95. The number of carbonyl (C=O) groups is 1. The van der Waals surface area contributed by atoms with Gasteiger partial charge in [0.15, 0.2) is 6.10 Å². The van der Waals surface area contributed by atoms with Crippen molar-refractivity contribution in [3.63, 3.8) is 0 Å². The van der Waals surface area contributed by atoms with Gasteiger partial charge >= 0.3 is 0 Å². The SMILES string of the molecule is Cc1ccc([N+](=O)[O-])cc1NC(=O)[C@@H](C)Oc1ccccc1C(C)C. The minimum absolute atomic E-state index is 0.0698. The van der Waals surface area contributed by atoms with Crippen LogP contribution in [-0.2, 0) is 4.79 Å². The fourth-order valence-electron chi connectivity index (χ4n) is 2.40. The summed E-state index contributed by atoms with van der Waals surface area (Å²) in [6, 6.07) is 11.9. The molecule has 132 valence electrons. The molecule has 2 aromatic rings. The number of nitrogens with one attached hydrogen (secondary N) is 1. The van der Waals surface area contributed by atoms with E-state index in [0.717, 1.165) is 11.1 Å². The second-order valence-corrected chi connectivity index (χ2v) is 6.20. The van der Waals surface area contributed by atoms with Gasteiger partial charge in [-0.2, -0.15) is 0 Å². The number of benzene rings is 2. The van der Waals surface area contributed by atoms with Gasteiger partial charge in [-0.1, -0.05) is 38.1 Å². The van der Waals surface area contributed by atoms with Crippen LogP contribution in [0.2, 0.25) is 0 Å². The quantitative estimate of drug-likeness (QED) is 0.622. The van der Waals surface area contributed by atoms with Crippen molar-refractivity contribution >= 4 is 17.3 Å². The van der Waals surface area contributed by atoms with Crippen LogP contribution in [-0.4, -0.2) is 16.9 Å². The molecule has 0 radical (unpaired) electrons. The van der Waals surface area contributed by atoms with Gasteiger partial charge in [-0.05, 0) is 37.0 Å². The van der Waals surface area contributed by atoms with Crippen LogP contribution in [0.25, 0.3) is 0 Å². The summed E-state index contributed by atoms with van der Waals surface area (Å²) in [7, 11) is 0. The number of nitrogens with zero attached hydrogens (tertiary/aromatic N) is 1. The highest BCUT2D eigenvalue weighted by Gasteiger charge is 2.19. The monoisotopic (exact) mass is 342 g/mol. The lowest BCUT2D eigenvalue weighted by Gasteiger charge is -2.19. The number of carbonyl (C=O) groups excluding carboxylic acids is 1. The fourth-order valence-corrected chi connectivity index (χ4v) is 2.40. The molecule has 0 aliphatic rings. The molecule has 6 heteroatoms. The van der Waals surface area contributed by atoms with Crippen molar-refractivity contribution in [1.82, 2.24) is 0 Å². The van der Waals surface area contributed by atoms with Crippen LogP contribution in [0.1, 0.15) is 37.8 Å². The van der Waals surface area contributed by atoms with E-state index in [0.29, 0.717) is 11.4 Å². The van der Waals surface area contributed by atoms with Crippen molar-refractivity contribution in [2.24, 2.45) is 0 Å². The Morgan fingerprint density at radius 3 is 2.48 bits per heavy atom. The topological polar surface area (TPSA) is 81.5 Å². The van der Waals surface area contributed by atoms with Gasteiger partial charge in [0.05, 0.1) is 10.6 Å². The summed E-state index contributed by atoms with van der Waals surface area (Å²) in [5.74, 6) is 0.573. The zero-order valence-corrected chi connectivity index (χ0v) is 14.8. The molecule has 0 aliphatic carbocycles. The summed E-state index contributed by atoms with van der Waals surface area (Å²) < 4.78 is 5.81. The average molecular weight is 342 g/mol. The first-order valence-corrected chi connectivity index (χ1v) is 8.11. The minimum atomic E-state index is -0.737. The van der Waals surface area contributed by atoms with E-state index in [9.17, 15) is 14.9 Å². The number of nitro groups is 1. The number of hydrogen-bond donors (Lipinski definition) is 1. The zero-order valence-electron chi connectivity index (χ0n) is 14.8. The summed E-state index contributed by atoms with van der Waals surface area (Å²) in [4.78, 5) is 22.8. The Kier molecular flexibility index (Phi) is 5.75. The van der Waals surface area contributed by atoms with E-state index in [1.54, 1.807) is 19.9 Å². The number of anilines is 1. The average Bonchev–Trinajstić information content (AvgIpc) is 2.56. The Bertz CT molecular complexity index is 787. The number of hydrogen-bond acceptors (Lipinski definition) is 4. The predicted octanol–water partition coefficient (Wildman–Crippen LogP) is 4.43. The van der Waals surface area contributed by atoms with Crippen LogP contribution in [0, 0.1) is 17.0 Å². The van der Waals surface area contributed by atoms with Gasteiger partial charge in [0.1, 0.15) is 5.75 Å². The standard InChI is InChI=1S/C19H22N2O4/c1-12(2)16-7-5-6-8-18(16)25-14(4)19(22)20-17-11-15(21(23)24)10-9-13(17)3/h5-12,14H,1-4H3,(H,20,22)/t14-/m1/s1. The van der Waals surface area contributed by atoms with Gasteiger partial charge in [-0.15, -0.1) is 0 Å². The summed E-state index contributed by atoms with van der Waals surface area (Å²) >= 11 is 0. The van der Waals surface area contributed by atoms with E-state index in [2.05, 4.69) is 19.2 Å². The van der Waals surface area contributed by atoms with Crippen LogP contribution in [0.5, 0.6) is 5.75 Å². The summed E-state index contributed by atoms with van der Waals surface area (Å²) in [5, 5.41) is 13.6. The smallest absolute Gasteiger partial charge is 0.271 e. The van der Waals surface area contributed by atoms with Crippen molar-refractivity contribution in [3.8, 4) is 5.75 Å². The lowest BCUT2D eigenvalue weighted by Crippen LogP contribution is -2.30. The molecule has 0 saturated heterocycles. The molecular weight excluding hydrogens is 320 g/mol. The molecule has 1 amide bonds. The molecule has 0 aromatic heterocycles. The predicted molar refractivity (Wildman–Crippen MR) is 97.1 cm³/mol. The van der Waals surface area contributed by atoms with Gasteiger partial charge in [0.2, 0.25) is 0 Å². The molecule has 0 saturated carbocycles. The van der Waals surface area contributed by atoms with Crippen molar-refractivity contribution in [1.29, 1.82) is 0 Å². The molecule has 2 rings (SSSR count).